The zero-order chi connectivity index (χ0) is 9.19. The molecule has 2 N–H and O–H groups in total. The maximum absolute atomic E-state index is 11.4. The van der Waals surface area contributed by atoms with E-state index < -0.39 is 13.2 Å². The van der Waals surface area contributed by atoms with Crippen LogP contribution in [0.4, 0.5) is 0 Å². The molecule has 1 fully saturated rings. The molecule has 1 saturated heterocycles. The third-order valence-electron chi connectivity index (χ3n) is 2.19. The third-order valence-corrected chi connectivity index (χ3v) is 3.44. The summed E-state index contributed by atoms with van der Waals surface area (Å²) in [5.41, 5.74) is 0. The van der Waals surface area contributed by atoms with E-state index >= 15 is 0 Å². The Morgan fingerprint density at radius 2 is 2.33 bits per heavy atom. The van der Waals surface area contributed by atoms with Crippen LogP contribution >= 0.6 is 7.14 Å². The molecule has 0 aromatic rings. The Morgan fingerprint density at radius 1 is 1.67 bits per heavy atom. The average Bonchev–Trinajstić information content (AvgIpc) is 2.32. The van der Waals surface area contributed by atoms with Gasteiger partial charge in [-0.25, -0.2) is 0 Å². The normalized spacial score (nSPS) is 27.4. The maximum Gasteiger partial charge on any atom is 0.0845 e. The lowest BCUT2D eigenvalue weighted by molar-refractivity contribution is 0.157. The van der Waals surface area contributed by atoms with Crippen LogP contribution in [-0.2, 0) is 4.57 Å². The van der Waals surface area contributed by atoms with Crippen molar-refractivity contribution in [2.24, 2.45) is 0 Å². The van der Waals surface area contributed by atoms with E-state index in [1.807, 2.05) is 0 Å². The lowest BCUT2D eigenvalue weighted by Gasteiger charge is -2.19. The molecule has 72 valence electrons. The quantitative estimate of drug-likeness (QED) is 0.646. The fourth-order valence-electron chi connectivity index (χ4n) is 1.62. The molecule has 0 saturated carbocycles. The van der Waals surface area contributed by atoms with Gasteiger partial charge in [-0.15, -0.1) is 0 Å². The van der Waals surface area contributed by atoms with E-state index in [0.29, 0.717) is 6.16 Å². The topological polar surface area (TPSA) is 49.3 Å². The van der Waals surface area contributed by atoms with Gasteiger partial charge in [-0.2, -0.15) is 0 Å². The Hall–Kier alpha value is 0.150. The highest BCUT2D eigenvalue weighted by molar-refractivity contribution is 7.62. The van der Waals surface area contributed by atoms with E-state index in [1.54, 1.807) is 13.3 Å². The molecule has 0 spiro atoms. The highest BCUT2D eigenvalue weighted by atomic mass is 31.2. The van der Waals surface area contributed by atoms with Crippen LogP contribution in [0.15, 0.2) is 0 Å². The average molecular weight is 191 g/mol. The summed E-state index contributed by atoms with van der Waals surface area (Å²) in [5, 5.41) is 12.9. The molecule has 0 radical (unpaired) electrons. The number of rotatable bonds is 3. The summed E-state index contributed by atoms with van der Waals surface area (Å²) in [4.78, 5) is 0. The summed E-state index contributed by atoms with van der Waals surface area (Å²) in [7, 11) is -2.06. The fourth-order valence-corrected chi connectivity index (χ4v) is 2.77. The summed E-state index contributed by atoms with van der Waals surface area (Å²) in [6.07, 6.45) is 2.17. The fraction of sp³-hybridized carbons (Fsp3) is 1.00. The molecule has 0 aromatic carbocycles. The Balaban J connectivity index is 2.37. The van der Waals surface area contributed by atoms with E-state index in [0.717, 1.165) is 19.4 Å². The molecular formula is C8H18NO2P. The van der Waals surface area contributed by atoms with E-state index in [9.17, 15) is 9.67 Å². The number of nitrogens with one attached hydrogen (secondary N) is 1. The van der Waals surface area contributed by atoms with Gasteiger partial charge < -0.3 is 15.0 Å². The van der Waals surface area contributed by atoms with Gasteiger partial charge in [0.05, 0.1) is 13.2 Å². The van der Waals surface area contributed by atoms with Crippen LogP contribution < -0.4 is 5.32 Å². The Morgan fingerprint density at radius 3 is 2.75 bits per heavy atom. The number of aliphatic hydroxyl groups excluding tert-OH is 1. The molecule has 0 unspecified atom stereocenters. The van der Waals surface area contributed by atoms with Crippen LogP contribution in [0.3, 0.4) is 0 Å². The monoisotopic (exact) mass is 191 g/mol. The molecule has 1 heterocycles. The first-order valence-corrected chi connectivity index (χ1v) is 7.23. The van der Waals surface area contributed by atoms with Crippen molar-refractivity contribution < 1.29 is 9.67 Å². The minimum atomic E-state index is -2.06. The van der Waals surface area contributed by atoms with Crippen molar-refractivity contribution in [3.63, 3.8) is 0 Å². The second-order valence-corrected chi connectivity index (χ2v) is 7.54. The molecule has 12 heavy (non-hydrogen) atoms. The highest BCUT2D eigenvalue weighted by Crippen LogP contribution is 2.37. The molecule has 1 rings (SSSR count). The van der Waals surface area contributed by atoms with Crippen molar-refractivity contribution in [2.45, 2.75) is 25.0 Å². The van der Waals surface area contributed by atoms with Crippen molar-refractivity contribution in [2.75, 3.05) is 26.0 Å². The molecule has 2 atom stereocenters. The van der Waals surface area contributed by atoms with Gasteiger partial charge in [-0.1, -0.05) is 0 Å². The first-order chi connectivity index (χ1) is 5.49. The van der Waals surface area contributed by atoms with Gasteiger partial charge in [0.25, 0.3) is 0 Å². The number of hydrogen-bond acceptors (Lipinski definition) is 3. The maximum atomic E-state index is 11.4. The predicted molar refractivity (Wildman–Crippen MR) is 51.4 cm³/mol. The molecule has 0 bridgehead atoms. The van der Waals surface area contributed by atoms with E-state index in [2.05, 4.69) is 5.32 Å². The van der Waals surface area contributed by atoms with Gasteiger partial charge in [0.1, 0.15) is 0 Å². The summed E-state index contributed by atoms with van der Waals surface area (Å²) >= 11 is 0. The van der Waals surface area contributed by atoms with Gasteiger partial charge in [0, 0.05) is 12.2 Å². The van der Waals surface area contributed by atoms with Crippen molar-refractivity contribution in [3.05, 3.63) is 0 Å². The zero-order valence-electron chi connectivity index (χ0n) is 7.79. The van der Waals surface area contributed by atoms with Gasteiger partial charge in [-0.05, 0) is 32.7 Å². The van der Waals surface area contributed by atoms with Crippen molar-refractivity contribution in [1.29, 1.82) is 0 Å². The predicted octanol–water partition coefficient (Wildman–Crippen LogP) is 0.722. The van der Waals surface area contributed by atoms with Gasteiger partial charge in [0.2, 0.25) is 0 Å². The summed E-state index contributed by atoms with van der Waals surface area (Å²) in [6, 6.07) is 0.179. The molecule has 4 heteroatoms. The number of hydrogen-bond donors (Lipinski definition) is 2. The van der Waals surface area contributed by atoms with Crippen LogP contribution in [0.25, 0.3) is 0 Å². The second-order valence-electron chi connectivity index (χ2n) is 4.03. The van der Waals surface area contributed by atoms with E-state index in [4.69, 9.17) is 0 Å². The van der Waals surface area contributed by atoms with Crippen molar-refractivity contribution in [1.82, 2.24) is 5.32 Å². The second kappa shape index (κ2) is 3.91. The first-order valence-electron chi connectivity index (χ1n) is 4.44. The number of aliphatic hydroxyl groups is 1. The summed E-state index contributed by atoms with van der Waals surface area (Å²) in [5.74, 6) is 0. The Labute approximate surface area is 73.9 Å². The van der Waals surface area contributed by atoms with Crippen LogP contribution in [0.5, 0.6) is 0 Å². The van der Waals surface area contributed by atoms with Crippen molar-refractivity contribution >= 4 is 7.14 Å². The lowest BCUT2D eigenvalue weighted by atomic mass is 10.1. The minimum absolute atomic E-state index is 0.179. The van der Waals surface area contributed by atoms with Crippen molar-refractivity contribution in [3.8, 4) is 0 Å². The molecular weight excluding hydrogens is 173 g/mol. The molecule has 0 aromatic heterocycles. The molecule has 1 aliphatic heterocycles. The molecule has 1 aliphatic rings. The van der Waals surface area contributed by atoms with Gasteiger partial charge >= 0.3 is 0 Å². The zero-order valence-corrected chi connectivity index (χ0v) is 8.68. The highest BCUT2D eigenvalue weighted by Gasteiger charge is 2.25. The lowest BCUT2D eigenvalue weighted by Crippen LogP contribution is -2.36. The van der Waals surface area contributed by atoms with E-state index in [1.165, 1.54) is 0 Å². The Bertz CT molecular complexity index is 183. The minimum Gasteiger partial charge on any atom is -0.391 e. The smallest absolute Gasteiger partial charge is 0.0845 e. The molecule has 3 nitrogen and oxygen atoms in total. The summed E-state index contributed by atoms with van der Waals surface area (Å²) < 4.78 is 11.4. The van der Waals surface area contributed by atoms with Gasteiger partial charge in [0.15, 0.2) is 0 Å². The molecule has 0 aliphatic carbocycles. The van der Waals surface area contributed by atoms with Crippen LogP contribution in [-0.4, -0.2) is 43.3 Å². The SMILES string of the molecule is CP(C)(=O)C[C@@H](O)[C@@H]1CCCN1. The Kier molecular flexibility index (Phi) is 3.33. The van der Waals surface area contributed by atoms with Crippen LogP contribution in [0.2, 0.25) is 0 Å². The first kappa shape index (κ1) is 10.2. The van der Waals surface area contributed by atoms with Gasteiger partial charge in [-0.3, -0.25) is 0 Å². The molecule has 0 amide bonds. The van der Waals surface area contributed by atoms with Crippen LogP contribution in [0, 0.1) is 0 Å². The summed E-state index contributed by atoms with van der Waals surface area (Å²) in [6.45, 7) is 4.44. The van der Waals surface area contributed by atoms with Crippen LogP contribution in [0.1, 0.15) is 12.8 Å². The largest absolute Gasteiger partial charge is 0.391 e. The van der Waals surface area contributed by atoms with E-state index in [-0.39, 0.29) is 6.04 Å². The third kappa shape index (κ3) is 3.26. The standard InChI is InChI=1S/C8H18NO2P/c1-12(2,11)6-8(10)7-4-3-5-9-7/h7-10H,3-6H2,1-2H3/t7-,8+/m0/s1.